The third kappa shape index (κ3) is 4.36. The number of rotatable bonds is 6. The van der Waals surface area contributed by atoms with E-state index in [1.54, 1.807) is 36.4 Å². The van der Waals surface area contributed by atoms with Gasteiger partial charge in [0.05, 0.1) is 12.7 Å². The van der Waals surface area contributed by atoms with Crippen molar-refractivity contribution in [3.05, 3.63) is 82.1 Å². The van der Waals surface area contributed by atoms with Gasteiger partial charge in [0.2, 0.25) is 11.7 Å². The Hall–Kier alpha value is -4.51. The standard InChI is InChI=1S/C23H16ClFN6O4/c1-34-18-9-8-15(11-17(18)25)26-19(32)12-31-23(33)30-10-2-3-16(21(30)28-31)22-27-20(29-35-22)13-4-6-14(24)7-5-13/h2-11H,12H2,1H3,(H,26,32). The number of pyridine rings is 1. The Kier molecular flexibility index (Phi) is 5.75. The van der Waals surface area contributed by atoms with Crippen LogP contribution in [0.5, 0.6) is 5.75 Å². The highest BCUT2D eigenvalue weighted by atomic mass is 35.5. The molecule has 0 saturated heterocycles. The van der Waals surface area contributed by atoms with E-state index in [1.807, 2.05) is 0 Å². The lowest BCUT2D eigenvalue weighted by Gasteiger charge is -2.07. The first-order valence-electron chi connectivity index (χ1n) is 10.2. The monoisotopic (exact) mass is 494 g/mol. The van der Waals surface area contributed by atoms with Gasteiger partial charge in [-0.15, -0.1) is 5.10 Å². The number of amides is 1. The molecule has 0 fully saturated rings. The van der Waals surface area contributed by atoms with Crippen molar-refractivity contribution >= 4 is 28.8 Å². The second-order valence-electron chi connectivity index (χ2n) is 7.38. The number of methoxy groups -OCH3 is 1. The molecule has 1 amide bonds. The van der Waals surface area contributed by atoms with Crippen molar-refractivity contribution in [2.75, 3.05) is 12.4 Å². The first-order valence-corrected chi connectivity index (χ1v) is 10.6. The molecule has 0 saturated carbocycles. The molecule has 0 aliphatic heterocycles. The summed E-state index contributed by atoms with van der Waals surface area (Å²) < 4.78 is 26.4. The van der Waals surface area contributed by atoms with Crippen LogP contribution >= 0.6 is 11.6 Å². The smallest absolute Gasteiger partial charge is 0.350 e. The number of nitrogens with zero attached hydrogens (tertiary/aromatic N) is 5. The Morgan fingerprint density at radius 1 is 1.20 bits per heavy atom. The van der Waals surface area contributed by atoms with E-state index in [1.165, 1.54) is 29.8 Å². The van der Waals surface area contributed by atoms with E-state index < -0.39 is 24.0 Å². The number of hydrogen-bond donors (Lipinski definition) is 1. The van der Waals surface area contributed by atoms with Gasteiger partial charge in [-0.2, -0.15) is 4.98 Å². The molecule has 5 rings (SSSR count). The van der Waals surface area contributed by atoms with E-state index in [0.717, 1.165) is 10.7 Å². The number of carbonyl (C=O) groups excluding carboxylic acids is 1. The number of fused-ring (bicyclic) bond motifs is 1. The van der Waals surface area contributed by atoms with Gasteiger partial charge in [-0.25, -0.2) is 18.3 Å². The number of anilines is 1. The predicted octanol–water partition coefficient (Wildman–Crippen LogP) is 3.65. The average molecular weight is 495 g/mol. The highest BCUT2D eigenvalue weighted by molar-refractivity contribution is 6.30. The molecular weight excluding hydrogens is 479 g/mol. The summed E-state index contributed by atoms with van der Waals surface area (Å²) in [5.74, 6) is -0.656. The van der Waals surface area contributed by atoms with Crippen molar-refractivity contribution in [3.63, 3.8) is 0 Å². The maximum atomic E-state index is 13.9. The predicted molar refractivity (Wildman–Crippen MR) is 125 cm³/mol. The van der Waals surface area contributed by atoms with Crippen LogP contribution in [0.25, 0.3) is 28.5 Å². The van der Waals surface area contributed by atoms with Crippen molar-refractivity contribution in [1.82, 2.24) is 24.3 Å². The molecule has 35 heavy (non-hydrogen) atoms. The first kappa shape index (κ1) is 22.3. The Morgan fingerprint density at radius 3 is 2.74 bits per heavy atom. The SMILES string of the molecule is COc1ccc(NC(=O)Cn2nc3c(-c4nc(-c5ccc(Cl)cc5)no4)cccn3c2=O)cc1F. The van der Waals surface area contributed by atoms with Crippen LogP contribution in [-0.2, 0) is 11.3 Å². The van der Waals surface area contributed by atoms with Gasteiger partial charge in [0.15, 0.2) is 17.2 Å². The van der Waals surface area contributed by atoms with E-state index in [0.29, 0.717) is 22.0 Å². The minimum absolute atomic E-state index is 0.0485. The van der Waals surface area contributed by atoms with Crippen LogP contribution in [0, 0.1) is 5.82 Å². The van der Waals surface area contributed by atoms with E-state index in [2.05, 4.69) is 20.6 Å². The van der Waals surface area contributed by atoms with Gasteiger partial charge in [0.1, 0.15) is 6.54 Å². The fourth-order valence-corrected chi connectivity index (χ4v) is 3.56. The topological polar surface area (TPSA) is 117 Å². The number of halogens is 2. The molecule has 3 heterocycles. The second kappa shape index (κ2) is 9.03. The highest BCUT2D eigenvalue weighted by Crippen LogP contribution is 2.25. The number of hydrogen-bond acceptors (Lipinski definition) is 7. The number of ether oxygens (including phenoxy) is 1. The minimum Gasteiger partial charge on any atom is -0.494 e. The fourth-order valence-electron chi connectivity index (χ4n) is 3.44. The van der Waals surface area contributed by atoms with E-state index >= 15 is 0 Å². The second-order valence-corrected chi connectivity index (χ2v) is 7.82. The first-order chi connectivity index (χ1) is 16.9. The zero-order valence-corrected chi connectivity index (χ0v) is 18.9. The fraction of sp³-hybridized carbons (Fsp3) is 0.0870. The zero-order chi connectivity index (χ0) is 24.5. The maximum Gasteiger partial charge on any atom is 0.350 e. The zero-order valence-electron chi connectivity index (χ0n) is 18.1. The van der Waals surface area contributed by atoms with Crippen molar-refractivity contribution in [3.8, 4) is 28.6 Å². The number of carbonyl (C=O) groups is 1. The van der Waals surface area contributed by atoms with Crippen LogP contribution in [0.2, 0.25) is 5.02 Å². The number of benzene rings is 2. The summed E-state index contributed by atoms with van der Waals surface area (Å²) in [6.07, 6.45) is 1.51. The largest absolute Gasteiger partial charge is 0.494 e. The lowest BCUT2D eigenvalue weighted by atomic mass is 10.2. The molecule has 176 valence electrons. The molecule has 2 aromatic carbocycles. The van der Waals surface area contributed by atoms with Gasteiger partial charge in [-0.3, -0.25) is 4.79 Å². The highest BCUT2D eigenvalue weighted by Gasteiger charge is 2.19. The third-order valence-corrected chi connectivity index (χ3v) is 5.35. The maximum absolute atomic E-state index is 13.9. The number of nitrogens with one attached hydrogen (secondary N) is 1. The molecular formula is C23H16ClFN6O4. The molecule has 0 aliphatic rings. The molecule has 12 heteroatoms. The molecule has 0 aliphatic carbocycles. The average Bonchev–Trinajstić information content (AvgIpc) is 3.45. The quantitative estimate of drug-likeness (QED) is 0.383. The minimum atomic E-state index is -0.627. The van der Waals surface area contributed by atoms with Gasteiger partial charge < -0.3 is 14.6 Å². The van der Waals surface area contributed by atoms with Gasteiger partial charge >= 0.3 is 5.69 Å². The lowest BCUT2D eigenvalue weighted by Crippen LogP contribution is -2.28. The summed E-state index contributed by atoms with van der Waals surface area (Å²) >= 11 is 5.93. The summed E-state index contributed by atoms with van der Waals surface area (Å²) in [6.45, 7) is -0.395. The lowest BCUT2D eigenvalue weighted by molar-refractivity contribution is -0.117. The van der Waals surface area contributed by atoms with Crippen LogP contribution in [0.3, 0.4) is 0 Å². The summed E-state index contributed by atoms with van der Waals surface area (Å²) in [5, 5.41) is 11.4. The van der Waals surface area contributed by atoms with Crippen molar-refractivity contribution < 1.29 is 18.4 Å². The Bertz CT molecular complexity index is 1610. The molecule has 3 aromatic heterocycles. The van der Waals surface area contributed by atoms with Crippen LogP contribution in [-0.4, -0.2) is 37.3 Å². The summed E-state index contributed by atoms with van der Waals surface area (Å²) in [7, 11) is 1.34. The van der Waals surface area contributed by atoms with Crippen LogP contribution < -0.4 is 15.7 Å². The molecule has 0 spiro atoms. The Labute approximate surface area is 201 Å². The third-order valence-electron chi connectivity index (χ3n) is 5.10. The molecule has 1 N–H and O–H groups in total. The number of aromatic nitrogens is 5. The Balaban J connectivity index is 1.42. The molecule has 0 atom stereocenters. The molecule has 0 unspecified atom stereocenters. The van der Waals surface area contributed by atoms with Crippen LogP contribution in [0.1, 0.15) is 0 Å². The van der Waals surface area contributed by atoms with Gasteiger partial charge in [-0.05, 0) is 48.5 Å². The van der Waals surface area contributed by atoms with E-state index in [9.17, 15) is 14.0 Å². The van der Waals surface area contributed by atoms with Crippen LogP contribution in [0.15, 0.2) is 70.1 Å². The normalized spacial score (nSPS) is 11.1. The van der Waals surface area contributed by atoms with Gasteiger partial charge in [0, 0.05) is 28.5 Å². The van der Waals surface area contributed by atoms with E-state index in [-0.39, 0.29) is 23.0 Å². The summed E-state index contributed by atoms with van der Waals surface area (Å²) in [5.41, 5.74) is 1.01. The van der Waals surface area contributed by atoms with Crippen molar-refractivity contribution in [2.45, 2.75) is 6.54 Å². The summed E-state index contributed by atoms with van der Waals surface area (Å²) in [6, 6.07) is 14.2. The van der Waals surface area contributed by atoms with E-state index in [4.69, 9.17) is 20.9 Å². The van der Waals surface area contributed by atoms with Crippen molar-refractivity contribution in [1.29, 1.82) is 0 Å². The Morgan fingerprint density at radius 2 is 2.00 bits per heavy atom. The molecule has 5 aromatic rings. The van der Waals surface area contributed by atoms with Gasteiger partial charge in [-0.1, -0.05) is 16.8 Å². The summed E-state index contributed by atoms with van der Waals surface area (Å²) in [4.78, 5) is 29.7. The molecule has 0 bridgehead atoms. The van der Waals surface area contributed by atoms with Crippen molar-refractivity contribution in [2.24, 2.45) is 0 Å². The van der Waals surface area contributed by atoms with Gasteiger partial charge in [0.25, 0.3) is 5.89 Å². The molecule has 0 radical (unpaired) electrons. The molecule has 10 nitrogen and oxygen atoms in total. The van der Waals surface area contributed by atoms with Crippen LogP contribution in [0.4, 0.5) is 10.1 Å².